The van der Waals surface area contributed by atoms with Crippen LogP contribution in [0.5, 0.6) is 0 Å². The van der Waals surface area contributed by atoms with Crippen LogP contribution in [-0.2, 0) is 12.7 Å². The molecule has 144 valence electrons. The molecule has 0 bridgehead atoms. The summed E-state index contributed by atoms with van der Waals surface area (Å²) >= 11 is 18.9. The van der Waals surface area contributed by atoms with Crippen molar-refractivity contribution in [2.45, 2.75) is 32.5 Å². The van der Waals surface area contributed by atoms with Gasteiger partial charge in [-0.3, -0.25) is 0 Å². The minimum atomic E-state index is -4.54. The average Bonchev–Trinajstić information content (AvgIpc) is 2.91. The molecule has 3 nitrogen and oxygen atoms in total. The molecule has 10 heteroatoms. The van der Waals surface area contributed by atoms with Crippen molar-refractivity contribution in [1.82, 2.24) is 9.88 Å². The van der Waals surface area contributed by atoms with Gasteiger partial charge in [0.1, 0.15) is 0 Å². The summed E-state index contributed by atoms with van der Waals surface area (Å²) in [5.74, 6) is 0. The van der Waals surface area contributed by atoms with Crippen LogP contribution < -0.4 is 5.32 Å². The van der Waals surface area contributed by atoms with Crippen LogP contribution >= 0.6 is 46.1 Å². The Bertz CT molecular complexity index is 742. The van der Waals surface area contributed by atoms with E-state index in [1.165, 1.54) is 12.1 Å². The molecular weight excluding hydrogens is 430 g/mol. The molecule has 0 aliphatic heterocycles. The zero-order valence-electron chi connectivity index (χ0n) is 14.1. The molecule has 26 heavy (non-hydrogen) atoms. The second kappa shape index (κ2) is 8.97. The van der Waals surface area contributed by atoms with Gasteiger partial charge in [0.25, 0.3) is 0 Å². The highest BCUT2D eigenvalue weighted by atomic mass is 35.5. The third-order valence-electron chi connectivity index (χ3n) is 3.51. The summed E-state index contributed by atoms with van der Waals surface area (Å²) < 4.78 is 40.0. The lowest BCUT2D eigenvalue weighted by atomic mass is 10.3. The highest BCUT2D eigenvalue weighted by molar-refractivity contribution is 7.15. The molecule has 2 rings (SSSR count). The number of rotatable bonds is 7. The van der Waals surface area contributed by atoms with Crippen LogP contribution in [0.15, 0.2) is 12.1 Å². The van der Waals surface area contributed by atoms with Crippen LogP contribution in [0, 0.1) is 0 Å². The highest BCUT2D eigenvalue weighted by Gasteiger charge is 2.37. The topological polar surface area (TPSA) is 28.2 Å². The number of hydrogen-bond donors (Lipinski definition) is 1. The van der Waals surface area contributed by atoms with E-state index in [0.717, 1.165) is 24.2 Å². The summed E-state index contributed by atoms with van der Waals surface area (Å²) in [6.07, 6.45) is -2.65. The standard InChI is InChI=1S/C16H17Cl3F3N3S/c1-3-4-5-25(2)8-12-14(16(20,21)22)24-15(26-12)23-13-10(18)6-9(17)7-11(13)19/h6-7H,3-5,8H2,1-2H3,(H,23,24). The number of anilines is 2. The van der Waals surface area contributed by atoms with Gasteiger partial charge in [0.05, 0.1) is 20.6 Å². The van der Waals surface area contributed by atoms with Crippen LogP contribution in [0.2, 0.25) is 15.1 Å². The molecule has 0 unspecified atom stereocenters. The van der Waals surface area contributed by atoms with E-state index in [-0.39, 0.29) is 32.3 Å². The zero-order chi connectivity index (χ0) is 19.5. The quantitative estimate of drug-likeness (QED) is 0.492. The maximum atomic E-state index is 13.3. The van der Waals surface area contributed by atoms with E-state index in [2.05, 4.69) is 10.3 Å². The van der Waals surface area contributed by atoms with Gasteiger partial charge in [-0.05, 0) is 32.1 Å². The average molecular weight is 447 g/mol. The number of alkyl halides is 3. The Morgan fingerprint density at radius 2 is 1.81 bits per heavy atom. The predicted octanol–water partition coefficient (Wildman–Crippen LogP) is 7.10. The monoisotopic (exact) mass is 445 g/mol. The second-order valence-electron chi connectivity index (χ2n) is 5.75. The van der Waals surface area contributed by atoms with Gasteiger partial charge in [-0.2, -0.15) is 13.2 Å². The molecule has 0 spiro atoms. The molecule has 0 amide bonds. The SMILES string of the molecule is CCCCN(C)Cc1sc(Nc2c(Cl)cc(Cl)cc2Cl)nc1C(F)(F)F. The van der Waals surface area contributed by atoms with E-state index < -0.39 is 11.9 Å². The minimum absolute atomic E-state index is 0.0716. The van der Waals surface area contributed by atoms with Crippen LogP contribution in [0.3, 0.4) is 0 Å². The van der Waals surface area contributed by atoms with Crippen LogP contribution in [0.1, 0.15) is 30.3 Å². The first-order chi connectivity index (χ1) is 12.1. The predicted molar refractivity (Wildman–Crippen MR) is 103 cm³/mol. The Hall–Kier alpha value is -0.730. The van der Waals surface area contributed by atoms with Crippen molar-refractivity contribution >= 4 is 57.0 Å². The number of nitrogens with one attached hydrogen (secondary N) is 1. The number of aromatic nitrogens is 1. The first-order valence-corrected chi connectivity index (χ1v) is 9.73. The molecule has 1 aromatic carbocycles. The van der Waals surface area contributed by atoms with Crippen LogP contribution in [0.25, 0.3) is 0 Å². The fraction of sp³-hybridized carbons (Fsp3) is 0.438. The van der Waals surface area contributed by atoms with Gasteiger partial charge in [0.15, 0.2) is 10.8 Å². The summed E-state index contributed by atoms with van der Waals surface area (Å²) in [7, 11) is 1.79. The summed E-state index contributed by atoms with van der Waals surface area (Å²) in [5.41, 5.74) is -0.624. The van der Waals surface area contributed by atoms with Crippen LogP contribution in [-0.4, -0.2) is 23.5 Å². The number of halogens is 6. The van der Waals surface area contributed by atoms with E-state index >= 15 is 0 Å². The number of nitrogens with zero attached hydrogens (tertiary/aromatic N) is 2. The van der Waals surface area contributed by atoms with Crippen molar-refractivity contribution in [1.29, 1.82) is 0 Å². The molecule has 1 N–H and O–H groups in total. The van der Waals surface area contributed by atoms with Crippen molar-refractivity contribution in [3.8, 4) is 0 Å². The first kappa shape index (κ1) is 21.6. The van der Waals surface area contributed by atoms with Crippen molar-refractivity contribution in [2.75, 3.05) is 18.9 Å². The van der Waals surface area contributed by atoms with E-state index in [9.17, 15) is 13.2 Å². The lowest BCUT2D eigenvalue weighted by molar-refractivity contribution is -0.141. The van der Waals surface area contributed by atoms with Gasteiger partial charge in [-0.1, -0.05) is 59.5 Å². The molecule has 1 heterocycles. The molecule has 0 atom stereocenters. The first-order valence-electron chi connectivity index (χ1n) is 7.78. The molecule has 1 aromatic heterocycles. The summed E-state index contributed by atoms with van der Waals surface area (Å²) in [6.45, 7) is 2.91. The lowest BCUT2D eigenvalue weighted by Gasteiger charge is -2.16. The van der Waals surface area contributed by atoms with Gasteiger partial charge in [-0.15, -0.1) is 0 Å². The Kier molecular flexibility index (Phi) is 7.44. The number of thiazole rings is 1. The van der Waals surface area contributed by atoms with Crippen molar-refractivity contribution in [2.24, 2.45) is 0 Å². The van der Waals surface area contributed by atoms with Gasteiger partial charge in [0.2, 0.25) is 0 Å². The number of unbranched alkanes of at least 4 members (excludes halogenated alkanes) is 1. The summed E-state index contributed by atoms with van der Waals surface area (Å²) in [5, 5.41) is 3.59. The maximum Gasteiger partial charge on any atom is 0.434 e. The largest absolute Gasteiger partial charge is 0.434 e. The Morgan fingerprint density at radius 3 is 2.35 bits per heavy atom. The number of hydrogen-bond acceptors (Lipinski definition) is 4. The van der Waals surface area contributed by atoms with E-state index in [0.29, 0.717) is 11.6 Å². The van der Waals surface area contributed by atoms with Gasteiger partial charge in [0, 0.05) is 11.6 Å². The Morgan fingerprint density at radius 1 is 1.19 bits per heavy atom. The molecule has 0 aliphatic carbocycles. The second-order valence-corrected chi connectivity index (χ2v) is 8.08. The van der Waals surface area contributed by atoms with E-state index in [1.54, 1.807) is 7.05 Å². The smallest absolute Gasteiger partial charge is 0.329 e. The minimum Gasteiger partial charge on any atom is -0.329 e. The summed E-state index contributed by atoms with van der Waals surface area (Å²) in [4.78, 5) is 5.70. The van der Waals surface area contributed by atoms with Gasteiger partial charge in [-0.25, -0.2) is 4.98 Å². The van der Waals surface area contributed by atoms with Gasteiger partial charge < -0.3 is 10.2 Å². The van der Waals surface area contributed by atoms with Crippen molar-refractivity contribution in [3.63, 3.8) is 0 Å². The van der Waals surface area contributed by atoms with Crippen molar-refractivity contribution < 1.29 is 13.2 Å². The molecule has 0 fully saturated rings. The molecular formula is C16H17Cl3F3N3S. The van der Waals surface area contributed by atoms with Gasteiger partial charge >= 0.3 is 6.18 Å². The van der Waals surface area contributed by atoms with Crippen LogP contribution in [0.4, 0.5) is 24.0 Å². The molecule has 0 aliphatic rings. The highest BCUT2D eigenvalue weighted by Crippen LogP contribution is 2.40. The number of benzene rings is 1. The molecule has 0 saturated carbocycles. The van der Waals surface area contributed by atoms with Crippen molar-refractivity contribution in [3.05, 3.63) is 37.8 Å². The Balaban J connectivity index is 2.30. The normalized spacial score (nSPS) is 12.0. The third kappa shape index (κ3) is 5.63. The maximum absolute atomic E-state index is 13.3. The molecule has 0 saturated heterocycles. The Labute approximate surface area is 169 Å². The fourth-order valence-electron chi connectivity index (χ4n) is 2.25. The van der Waals surface area contributed by atoms with E-state index in [4.69, 9.17) is 34.8 Å². The summed E-state index contributed by atoms with van der Waals surface area (Å²) in [6, 6.07) is 2.91. The molecule has 2 aromatic rings. The molecule has 0 radical (unpaired) electrons. The fourth-order valence-corrected chi connectivity index (χ4v) is 4.23. The third-order valence-corrected chi connectivity index (χ3v) is 5.28. The van der Waals surface area contributed by atoms with E-state index in [1.807, 2.05) is 11.8 Å². The lowest BCUT2D eigenvalue weighted by Crippen LogP contribution is -2.20. The zero-order valence-corrected chi connectivity index (χ0v) is 17.1.